The zero-order valence-electron chi connectivity index (χ0n) is 13.2. The first-order chi connectivity index (χ1) is 11.4. The van der Waals surface area contributed by atoms with Crippen LogP contribution in [-0.4, -0.2) is 79.9 Å². The minimum Gasteiger partial charge on any atom is -0.394 e. The third-order valence-electron chi connectivity index (χ3n) is 3.71. The Labute approximate surface area is 136 Å². The summed E-state index contributed by atoms with van der Waals surface area (Å²) in [6.45, 7) is -0.326. The molecule has 3 rings (SSSR count). The van der Waals surface area contributed by atoms with Crippen molar-refractivity contribution >= 4 is 23.5 Å². The molecular weight excluding hydrogens is 318 g/mol. The van der Waals surface area contributed by atoms with Gasteiger partial charge in [-0.3, -0.25) is 14.3 Å². The third-order valence-corrected chi connectivity index (χ3v) is 3.71. The van der Waals surface area contributed by atoms with Gasteiger partial charge in [-0.1, -0.05) is 0 Å². The second kappa shape index (κ2) is 6.28. The molecule has 1 aliphatic heterocycles. The van der Waals surface area contributed by atoms with Gasteiger partial charge in [-0.05, 0) is 0 Å². The summed E-state index contributed by atoms with van der Waals surface area (Å²) in [7, 11) is 3.56. The van der Waals surface area contributed by atoms with Crippen LogP contribution in [0.5, 0.6) is 0 Å². The number of aliphatic hydroxyl groups excluding tert-OH is 2. The van der Waals surface area contributed by atoms with Gasteiger partial charge in [-0.2, -0.15) is 4.98 Å². The molecule has 0 aliphatic carbocycles. The molecule has 2 aromatic rings. The number of fused-ring (bicyclic) bond motifs is 1. The van der Waals surface area contributed by atoms with Crippen LogP contribution in [0.15, 0.2) is 16.1 Å². The first kappa shape index (κ1) is 16.5. The van der Waals surface area contributed by atoms with Crippen molar-refractivity contribution in [2.45, 2.75) is 24.5 Å². The number of imidazole rings is 1. The van der Waals surface area contributed by atoms with Crippen LogP contribution in [0.1, 0.15) is 6.23 Å². The molecule has 1 saturated heterocycles. The van der Waals surface area contributed by atoms with Gasteiger partial charge in [-0.15, -0.1) is 0 Å². The lowest BCUT2D eigenvalue weighted by Crippen LogP contribution is -2.41. The smallest absolute Gasteiger partial charge is 0.280 e. The number of aliphatic hydroxyl groups is 2. The molecule has 130 valence electrons. The number of H-pyrrole nitrogens is 1. The van der Waals surface area contributed by atoms with E-state index < -0.39 is 30.0 Å². The molecule has 0 radical (unpaired) electrons. The Morgan fingerprint density at radius 3 is 2.96 bits per heavy atom. The fourth-order valence-corrected chi connectivity index (χ4v) is 2.49. The van der Waals surface area contributed by atoms with E-state index in [0.717, 1.165) is 0 Å². The van der Waals surface area contributed by atoms with E-state index in [4.69, 9.17) is 10.5 Å². The average molecular weight is 337 g/mol. The second-order valence-electron chi connectivity index (χ2n) is 5.74. The lowest BCUT2D eigenvalue weighted by molar-refractivity contribution is -0.0488. The van der Waals surface area contributed by atoms with Gasteiger partial charge >= 0.3 is 0 Å². The van der Waals surface area contributed by atoms with Gasteiger partial charge < -0.3 is 25.6 Å². The fourth-order valence-electron chi connectivity index (χ4n) is 2.49. The van der Waals surface area contributed by atoms with Crippen molar-refractivity contribution in [2.24, 2.45) is 10.7 Å². The van der Waals surface area contributed by atoms with E-state index in [1.165, 1.54) is 17.2 Å². The lowest BCUT2D eigenvalue weighted by atomic mass is 10.1. The number of hydrogen-bond donors (Lipinski definition) is 4. The van der Waals surface area contributed by atoms with Crippen molar-refractivity contribution in [3.05, 3.63) is 16.7 Å². The summed E-state index contributed by atoms with van der Waals surface area (Å²) in [5.74, 6) is 0.0958. The predicted octanol–water partition coefficient (Wildman–Crippen LogP) is -2.08. The molecule has 5 N–H and O–H groups in total. The normalized spacial score (nSPS) is 27.4. The Morgan fingerprint density at radius 2 is 2.33 bits per heavy atom. The molecule has 0 amide bonds. The zero-order valence-corrected chi connectivity index (χ0v) is 13.2. The number of hydrogen-bond acceptors (Lipinski definition) is 8. The summed E-state index contributed by atoms with van der Waals surface area (Å²) in [5, 5.41) is 19.5. The van der Waals surface area contributed by atoms with Gasteiger partial charge in [0, 0.05) is 14.1 Å². The molecule has 0 spiro atoms. The minimum atomic E-state index is -1.07. The number of nitrogens with one attached hydrogen (secondary N) is 1. The summed E-state index contributed by atoms with van der Waals surface area (Å²) in [4.78, 5) is 28.6. The molecule has 11 nitrogen and oxygen atoms in total. The molecule has 0 bridgehead atoms. The van der Waals surface area contributed by atoms with E-state index in [1.807, 2.05) is 0 Å². The summed E-state index contributed by atoms with van der Waals surface area (Å²) in [6.07, 6.45) is 0.142. The first-order valence-corrected chi connectivity index (χ1v) is 7.29. The molecule has 2 unspecified atom stereocenters. The maximum absolute atomic E-state index is 12.1. The Morgan fingerprint density at radius 1 is 1.58 bits per heavy atom. The van der Waals surface area contributed by atoms with Gasteiger partial charge in [0.25, 0.3) is 5.56 Å². The zero-order chi connectivity index (χ0) is 17.4. The third kappa shape index (κ3) is 2.78. The molecule has 3 heterocycles. The van der Waals surface area contributed by atoms with Crippen LogP contribution in [0.4, 0.5) is 5.95 Å². The van der Waals surface area contributed by atoms with Gasteiger partial charge in [0.1, 0.15) is 12.2 Å². The van der Waals surface area contributed by atoms with Crippen LogP contribution in [0.2, 0.25) is 0 Å². The van der Waals surface area contributed by atoms with E-state index >= 15 is 0 Å². The number of aliphatic imine (C=N–C) groups is 1. The van der Waals surface area contributed by atoms with Gasteiger partial charge in [0.15, 0.2) is 17.4 Å². The highest BCUT2D eigenvalue weighted by molar-refractivity contribution is 5.71. The second-order valence-corrected chi connectivity index (χ2v) is 5.74. The number of nitrogens with two attached hydrogens (primary N) is 1. The van der Waals surface area contributed by atoms with E-state index in [9.17, 15) is 15.0 Å². The molecule has 4 atom stereocenters. The molecule has 11 heteroatoms. The van der Waals surface area contributed by atoms with Crippen molar-refractivity contribution in [1.82, 2.24) is 24.4 Å². The minimum absolute atomic E-state index is 0.0932. The number of aromatic nitrogens is 4. The Kier molecular flexibility index (Phi) is 4.32. The maximum Gasteiger partial charge on any atom is 0.280 e. The summed E-state index contributed by atoms with van der Waals surface area (Å²) >= 11 is 0. The number of aromatic amines is 1. The standard InChI is InChI=1S/C13H19N7O4/c1-19(2)4-16-13-17-10-8(11(23)18-13)15-5-20(10)12-9(22)7(14)6(3-21)24-12/h4-7,9,12,21-22H,3,14H2,1-2H3,(H,17,18,23)/b16-4-/t6-,7?,9?,12-/m1/s1. The Bertz CT molecular complexity index is 814. The van der Waals surface area contributed by atoms with Crippen molar-refractivity contribution in [2.75, 3.05) is 20.7 Å². The van der Waals surface area contributed by atoms with E-state index in [1.54, 1.807) is 19.0 Å². The predicted molar refractivity (Wildman–Crippen MR) is 85.0 cm³/mol. The lowest BCUT2D eigenvalue weighted by Gasteiger charge is -2.16. The van der Waals surface area contributed by atoms with Crippen molar-refractivity contribution in [3.63, 3.8) is 0 Å². The van der Waals surface area contributed by atoms with Gasteiger partial charge in [0.05, 0.1) is 25.3 Å². The number of nitrogens with zero attached hydrogens (tertiary/aromatic N) is 5. The molecule has 0 saturated carbocycles. The SMILES string of the molecule is CN(C)/C=N\c1nc2c(ncn2[C@@H]2O[C@H](CO)C(N)C2O)c(=O)[nH]1. The molecular formula is C13H19N7O4. The summed E-state index contributed by atoms with van der Waals surface area (Å²) < 4.78 is 6.98. The monoisotopic (exact) mass is 337 g/mol. The largest absolute Gasteiger partial charge is 0.394 e. The first-order valence-electron chi connectivity index (χ1n) is 7.29. The van der Waals surface area contributed by atoms with E-state index in [0.29, 0.717) is 0 Å². The molecule has 1 fully saturated rings. The van der Waals surface area contributed by atoms with Crippen LogP contribution in [-0.2, 0) is 4.74 Å². The topological polar surface area (TPSA) is 155 Å². The van der Waals surface area contributed by atoms with Crippen molar-refractivity contribution in [1.29, 1.82) is 0 Å². The van der Waals surface area contributed by atoms with E-state index in [2.05, 4.69) is 19.9 Å². The van der Waals surface area contributed by atoms with Gasteiger partial charge in [0.2, 0.25) is 5.95 Å². The summed E-state index contributed by atoms with van der Waals surface area (Å²) in [6, 6.07) is -0.759. The van der Waals surface area contributed by atoms with Crippen molar-refractivity contribution < 1.29 is 14.9 Å². The van der Waals surface area contributed by atoms with Crippen LogP contribution in [0.3, 0.4) is 0 Å². The van der Waals surface area contributed by atoms with Crippen LogP contribution in [0.25, 0.3) is 11.2 Å². The Hall–Kier alpha value is -2.34. The van der Waals surface area contributed by atoms with Crippen LogP contribution < -0.4 is 11.3 Å². The van der Waals surface area contributed by atoms with Crippen LogP contribution >= 0.6 is 0 Å². The van der Waals surface area contributed by atoms with Crippen molar-refractivity contribution in [3.8, 4) is 0 Å². The number of ether oxygens (including phenoxy) is 1. The van der Waals surface area contributed by atoms with E-state index in [-0.39, 0.29) is 23.7 Å². The highest BCUT2D eigenvalue weighted by Gasteiger charge is 2.42. The van der Waals surface area contributed by atoms with Gasteiger partial charge in [-0.25, -0.2) is 9.98 Å². The molecule has 0 aromatic carbocycles. The fraction of sp³-hybridized carbons (Fsp3) is 0.538. The maximum atomic E-state index is 12.1. The molecule has 2 aromatic heterocycles. The number of rotatable bonds is 4. The average Bonchev–Trinajstić information content (AvgIpc) is 3.08. The highest BCUT2D eigenvalue weighted by atomic mass is 16.5. The Balaban J connectivity index is 2.05. The quantitative estimate of drug-likeness (QED) is 0.366. The molecule has 1 aliphatic rings. The molecule has 24 heavy (non-hydrogen) atoms. The highest BCUT2D eigenvalue weighted by Crippen LogP contribution is 2.29. The summed E-state index contributed by atoms with van der Waals surface area (Å²) in [5.41, 5.74) is 5.67. The van der Waals surface area contributed by atoms with Crippen LogP contribution in [0, 0.1) is 0 Å².